The predicted molar refractivity (Wildman–Crippen MR) is 75.1 cm³/mol. The average Bonchev–Trinajstić information content (AvgIpc) is 2.57. The molecule has 2 heterocycles. The summed E-state index contributed by atoms with van der Waals surface area (Å²) in [6, 6.07) is 2.11. The van der Waals surface area contributed by atoms with E-state index in [2.05, 4.69) is 42.1 Å². The SMILES string of the molecule is Cc1cc2c(NCCC(C)C)nc(Cl)nc2s1. The molecule has 2 aromatic heterocycles. The number of nitrogens with one attached hydrogen (secondary N) is 1. The fraction of sp³-hybridized carbons (Fsp3) is 0.500. The third-order valence-electron chi connectivity index (χ3n) is 2.50. The van der Waals surface area contributed by atoms with Crippen LogP contribution < -0.4 is 5.32 Å². The van der Waals surface area contributed by atoms with Gasteiger partial charge < -0.3 is 5.32 Å². The lowest BCUT2D eigenvalue weighted by Crippen LogP contribution is -2.06. The van der Waals surface area contributed by atoms with E-state index in [1.54, 1.807) is 11.3 Å². The number of nitrogens with zero attached hydrogens (tertiary/aromatic N) is 2. The molecule has 0 amide bonds. The van der Waals surface area contributed by atoms with Gasteiger partial charge >= 0.3 is 0 Å². The Kier molecular flexibility index (Phi) is 3.84. The van der Waals surface area contributed by atoms with Gasteiger partial charge in [0.1, 0.15) is 10.6 Å². The first-order valence-corrected chi connectivity index (χ1v) is 6.93. The second-order valence-corrected chi connectivity index (χ2v) is 6.10. The van der Waals surface area contributed by atoms with Gasteiger partial charge in [0, 0.05) is 11.4 Å². The number of rotatable bonds is 4. The van der Waals surface area contributed by atoms with Gasteiger partial charge in [0.05, 0.1) is 5.39 Å². The zero-order chi connectivity index (χ0) is 12.4. The van der Waals surface area contributed by atoms with Gasteiger partial charge in [-0.05, 0) is 36.9 Å². The highest BCUT2D eigenvalue weighted by Gasteiger charge is 2.09. The monoisotopic (exact) mass is 269 g/mol. The van der Waals surface area contributed by atoms with Crippen LogP contribution in [0.2, 0.25) is 5.28 Å². The first kappa shape index (κ1) is 12.6. The average molecular weight is 270 g/mol. The second-order valence-electron chi connectivity index (χ2n) is 4.53. The summed E-state index contributed by atoms with van der Waals surface area (Å²) in [5.41, 5.74) is 0. The zero-order valence-electron chi connectivity index (χ0n) is 10.2. The standard InChI is InChI=1S/C12H16ClN3S/c1-7(2)4-5-14-10-9-6-8(3)17-11(9)16-12(13)15-10/h6-7H,4-5H2,1-3H3,(H,14,15,16). The van der Waals surface area contributed by atoms with Crippen LogP contribution in [0.1, 0.15) is 25.1 Å². The summed E-state index contributed by atoms with van der Waals surface area (Å²) >= 11 is 7.56. The lowest BCUT2D eigenvalue weighted by atomic mass is 10.1. The smallest absolute Gasteiger partial charge is 0.225 e. The molecular weight excluding hydrogens is 254 g/mol. The Morgan fingerprint density at radius 1 is 1.41 bits per heavy atom. The predicted octanol–water partition coefficient (Wildman–Crippen LogP) is 4.11. The van der Waals surface area contributed by atoms with Gasteiger partial charge in [0.2, 0.25) is 5.28 Å². The quantitative estimate of drug-likeness (QED) is 0.849. The van der Waals surface area contributed by atoms with Crippen LogP contribution in [0.3, 0.4) is 0 Å². The van der Waals surface area contributed by atoms with E-state index in [9.17, 15) is 0 Å². The van der Waals surface area contributed by atoms with E-state index in [0.717, 1.165) is 29.0 Å². The highest BCUT2D eigenvalue weighted by Crippen LogP contribution is 2.29. The Bertz CT molecular complexity index is 522. The Hall–Kier alpha value is -0.870. The van der Waals surface area contributed by atoms with Crippen molar-refractivity contribution in [3.8, 4) is 0 Å². The van der Waals surface area contributed by atoms with Gasteiger partial charge in [-0.1, -0.05) is 13.8 Å². The molecule has 92 valence electrons. The highest BCUT2D eigenvalue weighted by atomic mass is 35.5. The third kappa shape index (κ3) is 3.07. The van der Waals surface area contributed by atoms with E-state index >= 15 is 0 Å². The Balaban J connectivity index is 2.25. The van der Waals surface area contributed by atoms with E-state index < -0.39 is 0 Å². The normalized spacial score (nSPS) is 11.4. The molecule has 2 rings (SSSR count). The molecule has 3 nitrogen and oxygen atoms in total. The number of halogens is 1. The Morgan fingerprint density at radius 3 is 2.88 bits per heavy atom. The molecular formula is C12H16ClN3S. The van der Waals surface area contributed by atoms with Crippen molar-refractivity contribution >= 4 is 39.0 Å². The van der Waals surface area contributed by atoms with E-state index in [-0.39, 0.29) is 0 Å². The van der Waals surface area contributed by atoms with Crippen LogP contribution in [0.5, 0.6) is 0 Å². The Labute approximate surface area is 110 Å². The fourth-order valence-corrected chi connectivity index (χ4v) is 2.73. The lowest BCUT2D eigenvalue weighted by molar-refractivity contribution is 0.607. The summed E-state index contributed by atoms with van der Waals surface area (Å²) in [7, 11) is 0. The van der Waals surface area contributed by atoms with Crippen LogP contribution in [0, 0.1) is 12.8 Å². The zero-order valence-corrected chi connectivity index (χ0v) is 11.8. The second kappa shape index (κ2) is 5.19. The van der Waals surface area contributed by atoms with Gasteiger partial charge in [0.25, 0.3) is 0 Å². The molecule has 0 aliphatic carbocycles. The highest BCUT2D eigenvalue weighted by molar-refractivity contribution is 7.18. The van der Waals surface area contributed by atoms with Crippen molar-refractivity contribution in [3.05, 3.63) is 16.2 Å². The van der Waals surface area contributed by atoms with Crippen LogP contribution in [-0.2, 0) is 0 Å². The molecule has 0 radical (unpaired) electrons. The molecule has 0 aliphatic rings. The molecule has 0 aliphatic heterocycles. The molecule has 5 heteroatoms. The molecule has 0 fully saturated rings. The summed E-state index contributed by atoms with van der Waals surface area (Å²) in [6.07, 6.45) is 1.12. The molecule has 0 spiro atoms. The number of aryl methyl sites for hydroxylation is 1. The maximum Gasteiger partial charge on any atom is 0.225 e. The summed E-state index contributed by atoms with van der Waals surface area (Å²) in [5, 5.41) is 4.73. The number of aromatic nitrogens is 2. The van der Waals surface area contributed by atoms with Crippen molar-refractivity contribution in [2.24, 2.45) is 5.92 Å². The number of fused-ring (bicyclic) bond motifs is 1. The topological polar surface area (TPSA) is 37.8 Å². The van der Waals surface area contributed by atoms with Crippen LogP contribution in [0.25, 0.3) is 10.2 Å². The largest absolute Gasteiger partial charge is 0.369 e. The minimum absolute atomic E-state index is 0.311. The third-order valence-corrected chi connectivity index (χ3v) is 3.62. The molecule has 0 unspecified atom stereocenters. The summed E-state index contributed by atoms with van der Waals surface area (Å²) in [6.45, 7) is 7.39. The van der Waals surface area contributed by atoms with Gasteiger partial charge in [-0.15, -0.1) is 11.3 Å². The van der Waals surface area contributed by atoms with Gasteiger partial charge in [-0.3, -0.25) is 0 Å². The minimum Gasteiger partial charge on any atom is -0.369 e. The van der Waals surface area contributed by atoms with Gasteiger partial charge in [0.15, 0.2) is 0 Å². The summed E-state index contributed by atoms with van der Waals surface area (Å²) in [4.78, 5) is 10.7. The van der Waals surface area contributed by atoms with E-state index in [4.69, 9.17) is 11.6 Å². The first-order chi connectivity index (χ1) is 8.06. The van der Waals surface area contributed by atoms with Gasteiger partial charge in [-0.25, -0.2) is 9.97 Å². The number of hydrogen-bond donors (Lipinski definition) is 1. The van der Waals surface area contributed by atoms with Crippen LogP contribution in [0.4, 0.5) is 5.82 Å². The Morgan fingerprint density at radius 2 is 2.18 bits per heavy atom. The van der Waals surface area contributed by atoms with Crippen molar-refractivity contribution < 1.29 is 0 Å². The van der Waals surface area contributed by atoms with Crippen LogP contribution in [-0.4, -0.2) is 16.5 Å². The molecule has 0 bridgehead atoms. The summed E-state index contributed by atoms with van der Waals surface area (Å²) in [5.74, 6) is 1.53. The molecule has 2 aromatic rings. The molecule has 0 aromatic carbocycles. The van der Waals surface area contributed by atoms with Crippen molar-refractivity contribution in [1.29, 1.82) is 0 Å². The molecule has 0 saturated heterocycles. The maximum absolute atomic E-state index is 5.92. The maximum atomic E-state index is 5.92. The fourth-order valence-electron chi connectivity index (χ4n) is 1.63. The van der Waals surface area contributed by atoms with Crippen LogP contribution >= 0.6 is 22.9 Å². The summed E-state index contributed by atoms with van der Waals surface area (Å²) < 4.78 is 0. The van der Waals surface area contributed by atoms with Crippen molar-refractivity contribution in [2.45, 2.75) is 27.2 Å². The molecule has 0 atom stereocenters. The van der Waals surface area contributed by atoms with Crippen molar-refractivity contribution in [1.82, 2.24) is 9.97 Å². The van der Waals surface area contributed by atoms with Crippen LogP contribution in [0.15, 0.2) is 6.07 Å². The molecule has 17 heavy (non-hydrogen) atoms. The molecule has 1 N–H and O–H groups in total. The number of hydrogen-bond acceptors (Lipinski definition) is 4. The lowest BCUT2D eigenvalue weighted by Gasteiger charge is -2.08. The van der Waals surface area contributed by atoms with Gasteiger partial charge in [-0.2, -0.15) is 0 Å². The molecule has 0 saturated carbocycles. The van der Waals surface area contributed by atoms with E-state index in [1.165, 1.54) is 4.88 Å². The number of thiophene rings is 1. The van der Waals surface area contributed by atoms with E-state index in [0.29, 0.717) is 11.2 Å². The van der Waals surface area contributed by atoms with E-state index in [1.807, 2.05) is 0 Å². The first-order valence-electron chi connectivity index (χ1n) is 5.74. The van der Waals surface area contributed by atoms with Crippen molar-refractivity contribution in [3.63, 3.8) is 0 Å². The number of anilines is 1. The minimum atomic E-state index is 0.311. The van der Waals surface area contributed by atoms with Crippen molar-refractivity contribution in [2.75, 3.05) is 11.9 Å².